The van der Waals surface area contributed by atoms with Crippen molar-refractivity contribution in [2.24, 2.45) is 0 Å². The van der Waals surface area contributed by atoms with Crippen LogP contribution in [0.15, 0.2) is 70.0 Å². The standard InChI is InChI=1S/C22H13Cl2NO4S2/c23-14-8-13(9-15(24)10-14)17-7-6-16(29-17)11-18-20(26)25(22(30)31-18)19(21(27)28)12-4-2-1-3-5-12/h1-11,19H,(H,27,28)/b18-11-. The number of hydrogen-bond donors (Lipinski definition) is 1. The molecule has 2 aromatic carbocycles. The Morgan fingerprint density at radius 1 is 1.10 bits per heavy atom. The van der Waals surface area contributed by atoms with Crippen molar-refractivity contribution in [2.45, 2.75) is 6.04 Å². The lowest BCUT2D eigenvalue weighted by atomic mass is 10.1. The third-order valence-electron chi connectivity index (χ3n) is 4.48. The Kier molecular flexibility index (Phi) is 6.20. The molecule has 3 aromatic rings. The maximum absolute atomic E-state index is 13.0. The van der Waals surface area contributed by atoms with Crippen LogP contribution in [0.2, 0.25) is 10.0 Å². The average Bonchev–Trinajstić information content (AvgIpc) is 3.28. The molecule has 1 amide bonds. The summed E-state index contributed by atoms with van der Waals surface area (Å²) >= 11 is 18.4. The highest BCUT2D eigenvalue weighted by molar-refractivity contribution is 8.26. The zero-order chi connectivity index (χ0) is 22.1. The van der Waals surface area contributed by atoms with E-state index in [1.807, 2.05) is 0 Å². The number of rotatable bonds is 5. The van der Waals surface area contributed by atoms with E-state index in [4.69, 9.17) is 39.8 Å². The first-order valence-electron chi connectivity index (χ1n) is 8.94. The van der Waals surface area contributed by atoms with Crippen molar-refractivity contribution in [3.05, 3.63) is 86.9 Å². The molecule has 1 unspecified atom stereocenters. The van der Waals surface area contributed by atoms with Gasteiger partial charge in [0, 0.05) is 21.7 Å². The van der Waals surface area contributed by atoms with Gasteiger partial charge in [-0.15, -0.1) is 0 Å². The maximum atomic E-state index is 13.0. The fraction of sp³-hybridized carbons (Fsp3) is 0.0455. The summed E-state index contributed by atoms with van der Waals surface area (Å²) < 4.78 is 5.98. The average molecular weight is 490 g/mol. The van der Waals surface area contributed by atoms with E-state index in [-0.39, 0.29) is 9.23 Å². The van der Waals surface area contributed by atoms with E-state index in [0.717, 1.165) is 16.7 Å². The van der Waals surface area contributed by atoms with Gasteiger partial charge in [0.15, 0.2) is 6.04 Å². The molecule has 5 nitrogen and oxygen atoms in total. The molecule has 0 aliphatic carbocycles. The van der Waals surface area contributed by atoms with Crippen molar-refractivity contribution in [1.82, 2.24) is 4.90 Å². The Labute approximate surface area is 197 Å². The number of amides is 1. The predicted molar refractivity (Wildman–Crippen MR) is 126 cm³/mol. The molecule has 1 aliphatic rings. The van der Waals surface area contributed by atoms with E-state index in [2.05, 4.69) is 0 Å². The van der Waals surface area contributed by atoms with E-state index < -0.39 is 17.9 Å². The SMILES string of the molecule is O=C(O)C(c1ccccc1)N1C(=O)/C(=C/c2ccc(-c3cc(Cl)cc(Cl)c3)o2)SC1=S. The minimum absolute atomic E-state index is 0.168. The number of carbonyl (C=O) groups is 2. The van der Waals surface area contributed by atoms with Gasteiger partial charge in [-0.25, -0.2) is 4.79 Å². The van der Waals surface area contributed by atoms with Crippen LogP contribution in [0, 0.1) is 0 Å². The highest BCUT2D eigenvalue weighted by Crippen LogP contribution is 2.39. The van der Waals surface area contributed by atoms with Gasteiger partial charge in [0.2, 0.25) is 0 Å². The largest absolute Gasteiger partial charge is 0.479 e. The van der Waals surface area contributed by atoms with Gasteiger partial charge in [0.05, 0.1) is 4.91 Å². The molecule has 1 aliphatic heterocycles. The summed E-state index contributed by atoms with van der Waals surface area (Å²) in [5.41, 5.74) is 1.16. The summed E-state index contributed by atoms with van der Waals surface area (Å²) in [5.74, 6) is -0.714. The monoisotopic (exact) mass is 489 g/mol. The number of halogens is 2. The quantitative estimate of drug-likeness (QED) is 0.335. The summed E-state index contributed by atoms with van der Waals surface area (Å²) in [6.07, 6.45) is 1.54. The fourth-order valence-electron chi connectivity index (χ4n) is 3.15. The summed E-state index contributed by atoms with van der Waals surface area (Å²) in [6.45, 7) is 0. The van der Waals surface area contributed by atoms with Gasteiger partial charge in [-0.2, -0.15) is 0 Å². The lowest BCUT2D eigenvalue weighted by molar-refractivity contribution is -0.145. The van der Waals surface area contributed by atoms with Gasteiger partial charge in [-0.1, -0.05) is 77.5 Å². The molecule has 9 heteroatoms. The summed E-state index contributed by atoms with van der Waals surface area (Å²) in [5, 5.41) is 10.7. The van der Waals surface area contributed by atoms with E-state index in [1.54, 1.807) is 66.7 Å². The molecule has 0 radical (unpaired) electrons. The summed E-state index contributed by atoms with van der Waals surface area (Å²) in [6, 6.07) is 15.8. The Bertz CT molecular complexity index is 1200. The second-order valence-electron chi connectivity index (χ2n) is 6.56. The first-order chi connectivity index (χ1) is 14.8. The van der Waals surface area contributed by atoms with Gasteiger partial charge in [0.1, 0.15) is 15.8 Å². The van der Waals surface area contributed by atoms with Crippen LogP contribution >= 0.6 is 47.2 Å². The fourth-order valence-corrected chi connectivity index (χ4v) is 4.97. The molecule has 1 saturated heterocycles. The minimum atomic E-state index is -1.21. The van der Waals surface area contributed by atoms with E-state index >= 15 is 0 Å². The Morgan fingerprint density at radius 3 is 2.42 bits per heavy atom. The molecular formula is C22H13Cl2NO4S2. The Morgan fingerprint density at radius 2 is 1.77 bits per heavy atom. The summed E-state index contributed by atoms with van der Waals surface area (Å²) in [7, 11) is 0. The van der Waals surface area contributed by atoms with Gasteiger partial charge in [-0.05, 0) is 35.9 Å². The second-order valence-corrected chi connectivity index (χ2v) is 9.11. The zero-order valence-corrected chi connectivity index (χ0v) is 18.8. The van der Waals surface area contributed by atoms with Crippen LogP contribution < -0.4 is 0 Å². The van der Waals surface area contributed by atoms with E-state index in [1.165, 1.54) is 0 Å². The van der Waals surface area contributed by atoms with Crippen LogP contribution in [0.3, 0.4) is 0 Å². The number of aliphatic carboxylic acids is 1. The molecule has 0 saturated carbocycles. The molecule has 0 spiro atoms. The lowest BCUT2D eigenvalue weighted by Crippen LogP contribution is -2.37. The third kappa shape index (κ3) is 4.55. The number of thiocarbonyl (C=S) groups is 1. The van der Waals surface area contributed by atoms with Crippen molar-refractivity contribution < 1.29 is 19.1 Å². The van der Waals surface area contributed by atoms with Crippen LogP contribution in [-0.2, 0) is 9.59 Å². The number of furan rings is 1. The highest BCUT2D eigenvalue weighted by Gasteiger charge is 2.41. The Hall–Kier alpha value is -2.58. The first-order valence-corrected chi connectivity index (χ1v) is 10.9. The second kappa shape index (κ2) is 8.88. The smallest absolute Gasteiger partial charge is 0.331 e. The zero-order valence-electron chi connectivity index (χ0n) is 15.6. The predicted octanol–water partition coefficient (Wildman–Crippen LogP) is 6.28. The number of thioether (sulfide) groups is 1. The topological polar surface area (TPSA) is 70.8 Å². The molecule has 2 heterocycles. The third-order valence-corrected chi connectivity index (χ3v) is 6.25. The maximum Gasteiger partial charge on any atom is 0.331 e. The van der Waals surface area contributed by atoms with Crippen LogP contribution in [0.25, 0.3) is 17.4 Å². The van der Waals surface area contributed by atoms with E-state index in [0.29, 0.717) is 32.7 Å². The van der Waals surface area contributed by atoms with Crippen molar-refractivity contribution in [2.75, 3.05) is 0 Å². The molecule has 1 N–H and O–H groups in total. The van der Waals surface area contributed by atoms with Crippen LogP contribution in [0.4, 0.5) is 0 Å². The van der Waals surface area contributed by atoms with E-state index in [9.17, 15) is 14.7 Å². The van der Waals surface area contributed by atoms with Gasteiger partial charge < -0.3 is 9.52 Å². The highest BCUT2D eigenvalue weighted by atomic mass is 35.5. The molecule has 4 rings (SSSR count). The van der Waals surface area contributed by atoms with Gasteiger partial charge in [0.25, 0.3) is 5.91 Å². The molecular weight excluding hydrogens is 477 g/mol. The molecule has 1 fully saturated rings. The van der Waals surface area contributed by atoms with Crippen molar-refractivity contribution in [1.29, 1.82) is 0 Å². The number of carbonyl (C=O) groups excluding carboxylic acids is 1. The lowest BCUT2D eigenvalue weighted by Gasteiger charge is -2.23. The normalized spacial score (nSPS) is 16.2. The number of benzene rings is 2. The van der Waals surface area contributed by atoms with Crippen LogP contribution in [0.5, 0.6) is 0 Å². The number of carboxylic acid groups (broad SMARTS) is 1. The van der Waals surface area contributed by atoms with Crippen LogP contribution in [0.1, 0.15) is 17.4 Å². The molecule has 156 valence electrons. The molecule has 31 heavy (non-hydrogen) atoms. The number of hydrogen-bond acceptors (Lipinski definition) is 5. The number of nitrogens with zero attached hydrogens (tertiary/aromatic N) is 1. The van der Waals surface area contributed by atoms with Crippen LogP contribution in [-0.4, -0.2) is 26.2 Å². The van der Waals surface area contributed by atoms with Crippen molar-refractivity contribution in [3.63, 3.8) is 0 Å². The van der Waals surface area contributed by atoms with Gasteiger partial charge >= 0.3 is 5.97 Å². The molecule has 1 atom stereocenters. The minimum Gasteiger partial charge on any atom is -0.479 e. The van der Waals surface area contributed by atoms with Crippen molar-refractivity contribution >= 4 is 69.5 Å². The summed E-state index contributed by atoms with van der Waals surface area (Å²) in [4.78, 5) is 26.3. The molecule has 1 aromatic heterocycles. The Balaban J connectivity index is 1.63. The van der Waals surface area contributed by atoms with Gasteiger partial charge in [-0.3, -0.25) is 9.69 Å². The first kappa shape index (κ1) is 21.6. The van der Waals surface area contributed by atoms with Crippen molar-refractivity contribution in [3.8, 4) is 11.3 Å². The number of carboxylic acids is 1. The molecule has 0 bridgehead atoms.